The van der Waals surface area contributed by atoms with Crippen molar-refractivity contribution >= 4 is 28.3 Å². The van der Waals surface area contributed by atoms with E-state index in [-0.39, 0.29) is 25.0 Å². The Kier molecular flexibility index (Phi) is 7.20. The first-order chi connectivity index (χ1) is 5.31. The molecule has 7 heteroatoms. The molecule has 0 atom stereocenters. The van der Waals surface area contributed by atoms with Crippen molar-refractivity contribution in [2.45, 2.75) is 19.9 Å². The normalized spacial score (nSPS) is 10.8. The Morgan fingerprint density at radius 3 is 2.15 bits per heavy atom. The lowest BCUT2D eigenvalue weighted by Crippen LogP contribution is -2.39. The predicted molar refractivity (Wildman–Crippen MR) is 53.4 cm³/mol. The second-order valence-corrected chi connectivity index (χ2v) is 4.58. The molecule has 0 heterocycles. The highest BCUT2D eigenvalue weighted by Gasteiger charge is 2.07. The van der Waals surface area contributed by atoms with E-state index in [0.717, 1.165) is 6.26 Å². The maximum atomic E-state index is 10.8. The van der Waals surface area contributed by atoms with E-state index in [2.05, 4.69) is 5.32 Å². The first-order valence-electron chi connectivity index (χ1n) is 3.55. The SMILES string of the molecule is CC(C)NCC(=O)NS(C)(=O)=O.Cl. The third-order valence-corrected chi connectivity index (χ3v) is 1.57. The maximum absolute atomic E-state index is 10.8. The summed E-state index contributed by atoms with van der Waals surface area (Å²) >= 11 is 0. The quantitative estimate of drug-likeness (QED) is 0.682. The lowest BCUT2D eigenvalue weighted by atomic mass is 10.4. The second kappa shape index (κ2) is 6.17. The van der Waals surface area contributed by atoms with Gasteiger partial charge < -0.3 is 5.32 Å². The average Bonchev–Trinajstić information content (AvgIpc) is 1.79. The second-order valence-electron chi connectivity index (χ2n) is 2.83. The van der Waals surface area contributed by atoms with Gasteiger partial charge in [-0.15, -0.1) is 12.4 Å². The van der Waals surface area contributed by atoms with Crippen molar-refractivity contribution < 1.29 is 13.2 Å². The van der Waals surface area contributed by atoms with Crippen LogP contribution in [-0.2, 0) is 14.8 Å². The Balaban J connectivity index is 0. The number of amides is 1. The van der Waals surface area contributed by atoms with Crippen molar-refractivity contribution in [3.05, 3.63) is 0 Å². The fourth-order valence-electron chi connectivity index (χ4n) is 0.540. The lowest BCUT2D eigenvalue weighted by Gasteiger charge is -2.06. The smallest absolute Gasteiger partial charge is 0.247 e. The number of carbonyl (C=O) groups excluding carboxylic acids is 1. The van der Waals surface area contributed by atoms with E-state index in [9.17, 15) is 13.2 Å². The number of hydrogen-bond acceptors (Lipinski definition) is 4. The Labute approximate surface area is 84.7 Å². The highest BCUT2D eigenvalue weighted by atomic mass is 35.5. The van der Waals surface area contributed by atoms with Crippen LogP contribution in [0.1, 0.15) is 13.8 Å². The van der Waals surface area contributed by atoms with Crippen LogP contribution < -0.4 is 10.0 Å². The summed E-state index contributed by atoms with van der Waals surface area (Å²) in [6, 6.07) is 0.162. The molecular formula is C6H15ClN2O3S. The number of rotatable bonds is 4. The van der Waals surface area contributed by atoms with Crippen LogP contribution in [0.4, 0.5) is 0 Å². The monoisotopic (exact) mass is 230 g/mol. The van der Waals surface area contributed by atoms with Crippen molar-refractivity contribution in [1.29, 1.82) is 0 Å². The van der Waals surface area contributed by atoms with Crippen LogP contribution in [0.3, 0.4) is 0 Å². The van der Waals surface area contributed by atoms with Crippen molar-refractivity contribution in [2.24, 2.45) is 0 Å². The fraction of sp³-hybridized carbons (Fsp3) is 0.833. The number of halogens is 1. The van der Waals surface area contributed by atoms with Crippen LogP contribution in [0.15, 0.2) is 0 Å². The molecule has 13 heavy (non-hydrogen) atoms. The molecule has 0 aromatic carbocycles. The van der Waals surface area contributed by atoms with Gasteiger partial charge in [0.2, 0.25) is 15.9 Å². The van der Waals surface area contributed by atoms with Crippen LogP contribution in [0.2, 0.25) is 0 Å². The summed E-state index contributed by atoms with van der Waals surface area (Å²) in [7, 11) is -3.41. The van der Waals surface area contributed by atoms with Gasteiger partial charge in [0, 0.05) is 6.04 Å². The molecule has 5 nitrogen and oxygen atoms in total. The topological polar surface area (TPSA) is 75.3 Å². The van der Waals surface area contributed by atoms with Gasteiger partial charge in [-0.3, -0.25) is 9.52 Å². The Morgan fingerprint density at radius 1 is 1.38 bits per heavy atom. The van der Waals surface area contributed by atoms with Crippen molar-refractivity contribution in [3.63, 3.8) is 0 Å². The van der Waals surface area contributed by atoms with Crippen LogP contribution >= 0.6 is 12.4 Å². The largest absolute Gasteiger partial charge is 0.306 e. The summed E-state index contributed by atoms with van der Waals surface area (Å²) in [6.07, 6.45) is 0.945. The Hall–Kier alpha value is -0.330. The molecule has 0 unspecified atom stereocenters. The highest BCUT2D eigenvalue weighted by molar-refractivity contribution is 7.89. The van der Waals surface area contributed by atoms with Gasteiger partial charge in [0.05, 0.1) is 12.8 Å². The average molecular weight is 231 g/mol. The molecule has 0 aliphatic heterocycles. The van der Waals surface area contributed by atoms with Gasteiger partial charge in [-0.25, -0.2) is 8.42 Å². The molecule has 0 aromatic rings. The van der Waals surface area contributed by atoms with Crippen LogP contribution in [0.5, 0.6) is 0 Å². The summed E-state index contributed by atoms with van der Waals surface area (Å²) in [4.78, 5) is 10.8. The zero-order chi connectivity index (χ0) is 9.78. The number of nitrogens with one attached hydrogen (secondary N) is 2. The minimum atomic E-state index is -3.41. The lowest BCUT2D eigenvalue weighted by molar-refractivity contribution is -0.118. The van der Waals surface area contributed by atoms with Crippen LogP contribution in [-0.4, -0.2) is 33.2 Å². The van der Waals surface area contributed by atoms with E-state index in [1.165, 1.54) is 0 Å². The zero-order valence-electron chi connectivity index (χ0n) is 7.83. The molecule has 80 valence electrons. The molecule has 0 radical (unpaired) electrons. The molecule has 0 saturated heterocycles. The third kappa shape index (κ3) is 11.7. The van der Waals surface area contributed by atoms with E-state index in [0.29, 0.717) is 0 Å². The summed E-state index contributed by atoms with van der Waals surface area (Å²) in [5, 5.41) is 2.79. The molecule has 1 amide bonds. The molecule has 0 spiro atoms. The third-order valence-electron chi connectivity index (χ3n) is 0.970. The molecule has 0 aliphatic carbocycles. The van der Waals surface area contributed by atoms with Crippen molar-refractivity contribution in [2.75, 3.05) is 12.8 Å². The van der Waals surface area contributed by atoms with Crippen LogP contribution in [0, 0.1) is 0 Å². The van der Waals surface area contributed by atoms with E-state index in [1.54, 1.807) is 0 Å². The minimum Gasteiger partial charge on any atom is -0.306 e. The van der Waals surface area contributed by atoms with Crippen LogP contribution in [0.25, 0.3) is 0 Å². The van der Waals surface area contributed by atoms with Gasteiger partial charge in [0.25, 0.3) is 0 Å². The first-order valence-corrected chi connectivity index (χ1v) is 5.44. The zero-order valence-corrected chi connectivity index (χ0v) is 9.46. The molecule has 0 aromatic heterocycles. The molecular weight excluding hydrogens is 216 g/mol. The van der Waals surface area contributed by atoms with Gasteiger partial charge in [-0.1, -0.05) is 13.8 Å². The van der Waals surface area contributed by atoms with E-state index in [4.69, 9.17) is 0 Å². The molecule has 2 N–H and O–H groups in total. The molecule has 0 fully saturated rings. The highest BCUT2D eigenvalue weighted by Crippen LogP contribution is 1.77. The number of carbonyl (C=O) groups is 1. The number of sulfonamides is 1. The maximum Gasteiger partial charge on any atom is 0.247 e. The Morgan fingerprint density at radius 2 is 1.85 bits per heavy atom. The molecule has 0 rings (SSSR count). The van der Waals surface area contributed by atoms with Gasteiger partial charge in [0.1, 0.15) is 0 Å². The minimum absolute atomic E-state index is 0. The van der Waals surface area contributed by atoms with Gasteiger partial charge in [0.15, 0.2) is 0 Å². The van der Waals surface area contributed by atoms with Crippen molar-refractivity contribution in [1.82, 2.24) is 10.0 Å². The first kappa shape index (κ1) is 15.2. The van der Waals surface area contributed by atoms with E-state index in [1.807, 2.05) is 18.6 Å². The number of hydrogen-bond donors (Lipinski definition) is 2. The summed E-state index contributed by atoms with van der Waals surface area (Å²) in [5.41, 5.74) is 0. The van der Waals surface area contributed by atoms with Gasteiger partial charge >= 0.3 is 0 Å². The summed E-state index contributed by atoms with van der Waals surface area (Å²) in [5.74, 6) is -0.536. The molecule has 0 saturated carbocycles. The van der Waals surface area contributed by atoms with E-state index < -0.39 is 15.9 Å². The van der Waals surface area contributed by atoms with Gasteiger partial charge in [-0.05, 0) is 0 Å². The molecule has 0 aliphatic rings. The van der Waals surface area contributed by atoms with Gasteiger partial charge in [-0.2, -0.15) is 0 Å². The van der Waals surface area contributed by atoms with Crippen molar-refractivity contribution in [3.8, 4) is 0 Å². The fourth-order valence-corrected chi connectivity index (χ4v) is 1.03. The van der Waals surface area contributed by atoms with E-state index >= 15 is 0 Å². The summed E-state index contributed by atoms with van der Waals surface area (Å²) < 4.78 is 22.9. The molecule has 0 bridgehead atoms. The predicted octanol–water partition coefficient (Wildman–Crippen LogP) is -0.518. The summed E-state index contributed by atoms with van der Waals surface area (Å²) in [6.45, 7) is 3.76. The standard InChI is InChI=1S/C6H14N2O3S.ClH/c1-5(2)7-4-6(9)8-12(3,10)11;/h5,7H,4H2,1-3H3,(H,8,9);1H. The Bertz CT molecular complexity index is 251.